The van der Waals surface area contributed by atoms with Crippen molar-refractivity contribution >= 4 is 11.9 Å². The molecule has 0 aromatic carbocycles. The monoisotopic (exact) mass is 523 g/mol. The summed E-state index contributed by atoms with van der Waals surface area (Å²) in [4.78, 5) is 24.9. The summed E-state index contributed by atoms with van der Waals surface area (Å²) in [7, 11) is 0. The van der Waals surface area contributed by atoms with Crippen molar-refractivity contribution in [2.24, 2.45) is 5.41 Å². The van der Waals surface area contributed by atoms with Crippen LogP contribution in [0.25, 0.3) is 0 Å². The van der Waals surface area contributed by atoms with Gasteiger partial charge in [-0.3, -0.25) is 9.59 Å². The van der Waals surface area contributed by atoms with Gasteiger partial charge in [-0.25, -0.2) is 0 Å². The van der Waals surface area contributed by atoms with Gasteiger partial charge in [0.25, 0.3) is 0 Å². The Hall–Kier alpha value is -0.860. The predicted octanol–water partition coefficient (Wildman–Crippen LogP) is 11.7. The van der Waals surface area contributed by atoms with E-state index in [0.29, 0.717) is 12.8 Å². The first-order valence-electron chi connectivity index (χ1n) is 16.7. The third kappa shape index (κ3) is 25.2. The summed E-state index contributed by atoms with van der Waals surface area (Å²) in [5.74, 6) is -0.619. The lowest BCUT2D eigenvalue weighted by molar-refractivity contribution is -0.161. The van der Waals surface area contributed by atoms with E-state index in [1.807, 2.05) is 0 Å². The molecule has 0 heterocycles. The summed E-state index contributed by atoms with van der Waals surface area (Å²) in [6.45, 7) is 9.00. The number of carbonyl (C=O) groups is 2. The summed E-state index contributed by atoms with van der Waals surface area (Å²) < 4.78 is 5.27. The molecule has 0 amide bonds. The van der Waals surface area contributed by atoms with E-state index < -0.39 is 0 Å². The molecule has 0 aromatic heterocycles. The van der Waals surface area contributed by atoms with Crippen molar-refractivity contribution in [3.05, 3.63) is 0 Å². The number of carbonyl (C=O) groups excluding carboxylic acids is 2. The Morgan fingerprint density at radius 3 is 1.19 bits per heavy atom. The summed E-state index contributed by atoms with van der Waals surface area (Å²) in [6.07, 6.45) is 32.1. The molecule has 1 atom stereocenters. The van der Waals surface area contributed by atoms with Crippen molar-refractivity contribution in [3.8, 4) is 0 Å². The second-order valence-electron chi connectivity index (χ2n) is 12.2. The second-order valence-corrected chi connectivity index (χ2v) is 12.2. The molecule has 1 unspecified atom stereocenters. The fourth-order valence-corrected chi connectivity index (χ4v) is 5.46. The van der Waals surface area contributed by atoms with E-state index in [-0.39, 0.29) is 17.4 Å². The van der Waals surface area contributed by atoms with Crippen LogP contribution in [0.3, 0.4) is 0 Å². The van der Waals surface area contributed by atoms with Crippen LogP contribution < -0.4 is 0 Å². The molecule has 0 aliphatic heterocycles. The van der Waals surface area contributed by atoms with Crippen molar-refractivity contribution in [1.82, 2.24) is 0 Å². The Balaban J connectivity index is 4.13. The molecule has 3 heteroatoms. The van der Waals surface area contributed by atoms with Gasteiger partial charge in [0.2, 0.25) is 0 Å². The van der Waals surface area contributed by atoms with Crippen molar-refractivity contribution in [2.75, 3.05) is 0 Å². The number of hydrogen-bond donors (Lipinski definition) is 0. The Morgan fingerprint density at radius 2 is 0.784 bits per heavy atom. The molecule has 0 bridgehead atoms. The minimum Gasteiger partial charge on any atom is -0.393 e. The van der Waals surface area contributed by atoms with E-state index in [9.17, 15) is 9.59 Å². The molecule has 0 saturated carbocycles. The van der Waals surface area contributed by atoms with Crippen molar-refractivity contribution in [3.63, 3.8) is 0 Å². The minimum atomic E-state index is -0.318. The Labute approximate surface area is 232 Å². The summed E-state index contributed by atoms with van der Waals surface area (Å²) in [6, 6.07) is 0. The molecule has 0 saturated heterocycles. The summed E-state index contributed by atoms with van der Waals surface area (Å²) >= 11 is 0. The van der Waals surface area contributed by atoms with Crippen LogP contribution in [-0.2, 0) is 14.3 Å². The molecule has 0 aliphatic rings. The van der Waals surface area contributed by atoms with E-state index in [1.54, 1.807) is 0 Å². The normalized spacial score (nSPS) is 13.0. The Bertz CT molecular complexity index is 515. The van der Waals surface area contributed by atoms with Gasteiger partial charge in [0, 0.05) is 6.42 Å². The lowest BCUT2D eigenvalue weighted by atomic mass is 9.77. The molecule has 0 fully saturated rings. The van der Waals surface area contributed by atoms with Crippen molar-refractivity contribution < 1.29 is 14.3 Å². The van der Waals surface area contributed by atoms with Crippen LogP contribution >= 0.6 is 0 Å². The molecule has 0 radical (unpaired) electrons. The maximum atomic E-state index is 12.7. The highest BCUT2D eigenvalue weighted by Gasteiger charge is 2.28. The smallest absolute Gasteiger partial charge is 0.313 e. The van der Waals surface area contributed by atoms with Gasteiger partial charge in [-0.05, 0) is 24.7 Å². The van der Waals surface area contributed by atoms with E-state index in [2.05, 4.69) is 27.7 Å². The molecular weight excluding hydrogens is 456 g/mol. The zero-order valence-electron chi connectivity index (χ0n) is 25.8. The zero-order valence-corrected chi connectivity index (χ0v) is 25.8. The van der Waals surface area contributed by atoms with Crippen LogP contribution in [-0.4, -0.2) is 11.9 Å². The lowest BCUT2D eigenvalue weighted by Crippen LogP contribution is -2.24. The molecule has 37 heavy (non-hydrogen) atoms. The standard InChI is InChI=1S/C34H66O3/c1-5-8-11-14-16-18-19-20-21-23-25-28-32(35)37-33(36)31-34(4,29-26-13-10-7-3)30-27-24-22-17-15-12-9-6-2/h5-31H2,1-4H3. The van der Waals surface area contributed by atoms with Crippen LogP contribution in [0.15, 0.2) is 0 Å². The quantitative estimate of drug-likeness (QED) is 0.0583. The SMILES string of the molecule is CCCCCCCCCCCCCC(=O)OC(=O)CC(C)(CCCCCC)CCCCCCCCCC. The fourth-order valence-electron chi connectivity index (χ4n) is 5.46. The molecular formula is C34H66O3. The topological polar surface area (TPSA) is 43.4 Å². The molecule has 3 nitrogen and oxygen atoms in total. The molecule has 220 valence electrons. The molecule has 0 aliphatic carbocycles. The van der Waals surface area contributed by atoms with Gasteiger partial charge in [0.15, 0.2) is 0 Å². The number of ether oxygens (including phenoxy) is 1. The number of unbranched alkanes of at least 4 members (excludes halogenated alkanes) is 20. The Morgan fingerprint density at radius 1 is 0.459 bits per heavy atom. The van der Waals surface area contributed by atoms with Gasteiger partial charge in [-0.2, -0.15) is 0 Å². The molecule has 0 aromatic rings. The first-order chi connectivity index (χ1) is 18.0. The number of rotatable bonds is 28. The van der Waals surface area contributed by atoms with E-state index in [4.69, 9.17) is 4.74 Å². The van der Waals surface area contributed by atoms with E-state index in [1.165, 1.54) is 135 Å². The summed E-state index contributed by atoms with van der Waals surface area (Å²) in [5.41, 5.74) is -0.0378. The second kappa shape index (κ2) is 26.7. The zero-order chi connectivity index (χ0) is 27.5. The Kier molecular flexibility index (Phi) is 26.1. The van der Waals surface area contributed by atoms with Crippen molar-refractivity contribution in [1.29, 1.82) is 0 Å². The molecule has 0 N–H and O–H groups in total. The average molecular weight is 523 g/mol. The van der Waals surface area contributed by atoms with Crippen LogP contribution in [0.4, 0.5) is 0 Å². The molecule has 0 rings (SSSR count). The maximum absolute atomic E-state index is 12.7. The van der Waals surface area contributed by atoms with Gasteiger partial charge in [-0.1, -0.05) is 169 Å². The lowest BCUT2D eigenvalue weighted by Gasteiger charge is -2.29. The largest absolute Gasteiger partial charge is 0.393 e. The maximum Gasteiger partial charge on any atom is 0.313 e. The van der Waals surface area contributed by atoms with Gasteiger partial charge < -0.3 is 4.74 Å². The average Bonchev–Trinajstić information content (AvgIpc) is 2.86. The van der Waals surface area contributed by atoms with Crippen LogP contribution in [0.2, 0.25) is 0 Å². The first-order valence-corrected chi connectivity index (χ1v) is 16.7. The predicted molar refractivity (Wildman–Crippen MR) is 161 cm³/mol. The third-order valence-corrected chi connectivity index (χ3v) is 8.05. The van der Waals surface area contributed by atoms with Gasteiger partial charge in [-0.15, -0.1) is 0 Å². The highest BCUT2D eigenvalue weighted by molar-refractivity contribution is 5.85. The first kappa shape index (κ1) is 36.1. The van der Waals surface area contributed by atoms with Crippen LogP contribution in [0, 0.1) is 5.41 Å². The number of esters is 2. The van der Waals surface area contributed by atoms with Gasteiger partial charge in [0.05, 0.1) is 6.42 Å². The van der Waals surface area contributed by atoms with Gasteiger partial charge >= 0.3 is 11.9 Å². The highest BCUT2D eigenvalue weighted by Crippen LogP contribution is 2.35. The fraction of sp³-hybridized carbons (Fsp3) is 0.941. The van der Waals surface area contributed by atoms with Crippen molar-refractivity contribution in [2.45, 2.75) is 201 Å². The minimum absolute atomic E-state index is 0.0378. The third-order valence-electron chi connectivity index (χ3n) is 8.05. The van der Waals surface area contributed by atoms with Gasteiger partial charge in [0.1, 0.15) is 0 Å². The summed E-state index contributed by atoms with van der Waals surface area (Å²) in [5, 5.41) is 0. The molecule has 0 spiro atoms. The van der Waals surface area contributed by atoms with Crippen LogP contribution in [0.1, 0.15) is 201 Å². The van der Waals surface area contributed by atoms with E-state index in [0.717, 1.165) is 25.7 Å². The number of hydrogen-bond acceptors (Lipinski definition) is 3. The van der Waals surface area contributed by atoms with Crippen LogP contribution in [0.5, 0.6) is 0 Å². The van der Waals surface area contributed by atoms with E-state index >= 15 is 0 Å². The highest BCUT2D eigenvalue weighted by atomic mass is 16.6.